The molecule has 0 aliphatic rings. The van der Waals surface area contributed by atoms with Gasteiger partial charge in [-0.3, -0.25) is 9.36 Å². The zero-order valence-corrected chi connectivity index (χ0v) is 13.1. The molecule has 0 fully saturated rings. The predicted molar refractivity (Wildman–Crippen MR) is 85.9 cm³/mol. The number of aromatic nitrogens is 2. The maximum Gasteiger partial charge on any atom is 0.262 e. The van der Waals surface area contributed by atoms with Crippen molar-refractivity contribution >= 4 is 44.9 Å². The summed E-state index contributed by atoms with van der Waals surface area (Å²) in [5.74, 6) is 0.691. The zero-order chi connectivity index (χ0) is 14.1. The van der Waals surface area contributed by atoms with Gasteiger partial charge in [-0.15, -0.1) is 11.3 Å². The van der Waals surface area contributed by atoms with Gasteiger partial charge in [0, 0.05) is 17.8 Å². The molecule has 1 aromatic carbocycles. The first kappa shape index (κ1) is 13.7. The molecule has 0 amide bonds. The van der Waals surface area contributed by atoms with Crippen molar-refractivity contribution < 1.29 is 0 Å². The van der Waals surface area contributed by atoms with Crippen molar-refractivity contribution in [1.29, 1.82) is 0 Å². The lowest BCUT2D eigenvalue weighted by Gasteiger charge is -2.07. The largest absolute Gasteiger partial charge is 0.290 e. The lowest BCUT2D eigenvalue weighted by atomic mass is 10.2. The first-order valence-corrected chi connectivity index (χ1v) is 8.21. The van der Waals surface area contributed by atoms with Crippen molar-refractivity contribution in [3.05, 3.63) is 56.7 Å². The Morgan fingerprint density at radius 2 is 2.15 bits per heavy atom. The Labute approximate surface area is 129 Å². The van der Waals surface area contributed by atoms with Crippen LogP contribution in [0.2, 0.25) is 5.02 Å². The van der Waals surface area contributed by atoms with Gasteiger partial charge in [-0.2, -0.15) is 0 Å². The van der Waals surface area contributed by atoms with Crippen molar-refractivity contribution in [2.24, 2.45) is 7.05 Å². The van der Waals surface area contributed by atoms with Crippen LogP contribution in [0.3, 0.4) is 0 Å². The van der Waals surface area contributed by atoms with E-state index in [4.69, 9.17) is 11.6 Å². The highest BCUT2D eigenvalue weighted by Crippen LogP contribution is 2.26. The summed E-state index contributed by atoms with van der Waals surface area (Å²) in [6, 6.07) is 9.53. The van der Waals surface area contributed by atoms with E-state index in [1.165, 1.54) is 23.1 Å². The highest BCUT2D eigenvalue weighted by Gasteiger charge is 2.10. The number of thioether (sulfide) groups is 1. The Bertz CT molecular complexity index is 825. The minimum absolute atomic E-state index is 0.00194. The summed E-state index contributed by atoms with van der Waals surface area (Å²) in [5.41, 5.74) is 1.04. The van der Waals surface area contributed by atoms with Crippen LogP contribution in [0, 0.1) is 0 Å². The average Bonchev–Trinajstić information content (AvgIpc) is 2.91. The first-order valence-electron chi connectivity index (χ1n) is 5.97. The van der Waals surface area contributed by atoms with Crippen LogP contribution in [0.4, 0.5) is 0 Å². The zero-order valence-electron chi connectivity index (χ0n) is 10.7. The van der Waals surface area contributed by atoms with E-state index in [1.54, 1.807) is 11.6 Å². The summed E-state index contributed by atoms with van der Waals surface area (Å²) in [6.45, 7) is 0. The van der Waals surface area contributed by atoms with Crippen LogP contribution >= 0.6 is 34.7 Å². The summed E-state index contributed by atoms with van der Waals surface area (Å²) in [6.07, 6.45) is 0. The van der Waals surface area contributed by atoms with E-state index >= 15 is 0 Å². The second-order valence-electron chi connectivity index (χ2n) is 4.28. The lowest BCUT2D eigenvalue weighted by molar-refractivity contribution is 0.728. The van der Waals surface area contributed by atoms with Gasteiger partial charge in [0.05, 0.1) is 5.39 Å². The third kappa shape index (κ3) is 2.49. The van der Waals surface area contributed by atoms with Crippen LogP contribution in [-0.2, 0) is 12.8 Å². The van der Waals surface area contributed by atoms with Crippen molar-refractivity contribution in [3.8, 4) is 0 Å². The predicted octanol–water partition coefficient (Wildman–Crippen LogP) is 3.94. The second kappa shape index (κ2) is 5.60. The van der Waals surface area contributed by atoms with Gasteiger partial charge < -0.3 is 0 Å². The number of nitrogens with zero attached hydrogens (tertiary/aromatic N) is 2. The van der Waals surface area contributed by atoms with Crippen LogP contribution in [0.25, 0.3) is 10.2 Å². The van der Waals surface area contributed by atoms with E-state index in [9.17, 15) is 4.79 Å². The number of rotatable bonds is 3. The maximum absolute atomic E-state index is 12.2. The van der Waals surface area contributed by atoms with Crippen molar-refractivity contribution in [2.75, 3.05) is 0 Å². The fourth-order valence-electron chi connectivity index (χ4n) is 1.87. The van der Waals surface area contributed by atoms with Crippen LogP contribution < -0.4 is 5.56 Å². The first-order chi connectivity index (χ1) is 9.66. The molecule has 2 heterocycles. The molecule has 0 N–H and O–H groups in total. The van der Waals surface area contributed by atoms with E-state index in [2.05, 4.69) is 4.98 Å². The molecule has 20 heavy (non-hydrogen) atoms. The van der Waals surface area contributed by atoms with Gasteiger partial charge in [-0.1, -0.05) is 41.6 Å². The van der Waals surface area contributed by atoms with Gasteiger partial charge in [-0.25, -0.2) is 4.98 Å². The Balaban J connectivity index is 1.93. The number of benzene rings is 1. The highest BCUT2D eigenvalue weighted by atomic mass is 35.5. The molecular weight excluding hydrogens is 312 g/mol. The summed E-state index contributed by atoms with van der Waals surface area (Å²) in [5, 5.41) is 4.02. The molecule has 0 spiro atoms. The molecular formula is C14H11ClN2OS2. The quantitative estimate of drug-likeness (QED) is 0.541. The molecule has 3 nitrogen and oxygen atoms in total. The Kier molecular flexibility index (Phi) is 3.83. The van der Waals surface area contributed by atoms with Gasteiger partial charge in [0.2, 0.25) is 0 Å². The Morgan fingerprint density at radius 3 is 2.95 bits per heavy atom. The minimum atomic E-state index is -0.00194. The highest BCUT2D eigenvalue weighted by molar-refractivity contribution is 7.98. The molecule has 0 aliphatic heterocycles. The molecule has 0 saturated heterocycles. The molecule has 0 atom stereocenters. The van der Waals surface area contributed by atoms with Crippen LogP contribution in [0.15, 0.2) is 45.7 Å². The van der Waals surface area contributed by atoms with E-state index in [-0.39, 0.29) is 5.56 Å². The fraction of sp³-hybridized carbons (Fsp3) is 0.143. The number of thiophene rings is 1. The van der Waals surface area contributed by atoms with Crippen molar-refractivity contribution in [3.63, 3.8) is 0 Å². The topological polar surface area (TPSA) is 34.9 Å². The normalized spacial score (nSPS) is 11.1. The summed E-state index contributed by atoms with van der Waals surface area (Å²) in [4.78, 5) is 17.5. The van der Waals surface area contributed by atoms with Gasteiger partial charge in [0.25, 0.3) is 5.56 Å². The number of halogens is 1. The van der Waals surface area contributed by atoms with E-state index in [1.807, 2.05) is 35.7 Å². The fourth-order valence-corrected chi connectivity index (χ4v) is 3.93. The lowest BCUT2D eigenvalue weighted by Crippen LogP contribution is -2.19. The Morgan fingerprint density at radius 1 is 1.35 bits per heavy atom. The molecule has 0 unspecified atom stereocenters. The molecule has 3 aromatic rings. The van der Waals surface area contributed by atoms with Crippen LogP contribution in [-0.4, -0.2) is 9.55 Å². The molecule has 0 saturated carbocycles. The SMILES string of the molecule is Cn1c(SCc2ccccc2Cl)nc2sccc2c1=O. The van der Waals surface area contributed by atoms with Crippen LogP contribution in [0.5, 0.6) is 0 Å². The van der Waals surface area contributed by atoms with E-state index in [0.717, 1.165) is 15.4 Å². The standard InChI is InChI=1S/C14H11ClN2OS2/c1-17-13(18)10-6-7-19-12(10)16-14(17)20-8-9-4-2-3-5-11(9)15/h2-7H,8H2,1H3. The average molecular weight is 323 g/mol. The van der Waals surface area contributed by atoms with Gasteiger partial charge in [0.15, 0.2) is 5.16 Å². The molecule has 0 radical (unpaired) electrons. The molecule has 2 aromatic heterocycles. The molecule has 0 bridgehead atoms. The van der Waals surface area contributed by atoms with E-state index < -0.39 is 0 Å². The summed E-state index contributed by atoms with van der Waals surface area (Å²) in [7, 11) is 1.75. The van der Waals surface area contributed by atoms with Crippen LogP contribution in [0.1, 0.15) is 5.56 Å². The number of hydrogen-bond acceptors (Lipinski definition) is 4. The Hall–Kier alpha value is -1.30. The smallest absolute Gasteiger partial charge is 0.262 e. The monoisotopic (exact) mass is 322 g/mol. The molecule has 102 valence electrons. The van der Waals surface area contributed by atoms with Crippen molar-refractivity contribution in [2.45, 2.75) is 10.9 Å². The van der Waals surface area contributed by atoms with E-state index in [0.29, 0.717) is 16.3 Å². The number of fused-ring (bicyclic) bond motifs is 1. The molecule has 0 aliphatic carbocycles. The summed E-state index contributed by atoms with van der Waals surface area (Å²) >= 11 is 9.15. The third-order valence-electron chi connectivity index (χ3n) is 2.98. The summed E-state index contributed by atoms with van der Waals surface area (Å²) < 4.78 is 1.59. The third-order valence-corrected chi connectivity index (χ3v) is 5.23. The van der Waals surface area contributed by atoms with Gasteiger partial charge in [0.1, 0.15) is 4.83 Å². The van der Waals surface area contributed by atoms with Gasteiger partial charge in [-0.05, 0) is 23.1 Å². The maximum atomic E-state index is 12.2. The second-order valence-corrected chi connectivity index (χ2v) is 6.52. The van der Waals surface area contributed by atoms with Gasteiger partial charge >= 0.3 is 0 Å². The molecule has 6 heteroatoms. The number of hydrogen-bond donors (Lipinski definition) is 0. The minimum Gasteiger partial charge on any atom is -0.290 e. The van der Waals surface area contributed by atoms with Crippen molar-refractivity contribution in [1.82, 2.24) is 9.55 Å². The molecule has 3 rings (SSSR count).